The number of halogens is 3. The van der Waals surface area contributed by atoms with Crippen LogP contribution in [-0.4, -0.2) is 28.2 Å². The molecular weight excluding hydrogens is 275 g/mol. The number of nitrogens with one attached hydrogen (secondary N) is 2. The van der Waals surface area contributed by atoms with E-state index in [1.807, 2.05) is 6.92 Å². The number of nitrogens with two attached hydrogens (primary N) is 1. The van der Waals surface area contributed by atoms with E-state index in [9.17, 15) is 13.2 Å². The first-order valence-corrected chi connectivity index (χ1v) is 6.18. The third-order valence-electron chi connectivity index (χ3n) is 2.81. The van der Waals surface area contributed by atoms with Crippen molar-refractivity contribution in [3.8, 4) is 0 Å². The summed E-state index contributed by atoms with van der Waals surface area (Å²) in [6.07, 6.45) is -3.27. The normalized spacial score (nSPS) is 13.1. The maximum atomic E-state index is 12.6. The Bertz CT molecular complexity index is 427. The summed E-state index contributed by atoms with van der Waals surface area (Å²) >= 11 is 0. The van der Waals surface area contributed by atoms with Gasteiger partial charge in [0.05, 0.1) is 0 Å². The summed E-state index contributed by atoms with van der Waals surface area (Å²) in [6, 6.07) is 1.29. The second-order valence-corrected chi connectivity index (χ2v) is 4.27. The number of rotatable bonds is 7. The lowest BCUT2D eigenvalue weighted by molar-refractivity contribution is -0.144. The van der Waals surface area contributed by atoms with Gasteiger partial charge < -0.3 is 15.8 Å². The molecule has 1 heterocycles. The van der Waals surface area contributed by atoms with Crippen molar-refractivity contribution in [1.29, 1.82) is 0 Å². The largest absolute Gasteiger partial charge is 0.451 e. The highest BCUT2D eigenvalue weighted by Gasteiger charge is 2.35. The number of hydrazine groups is 1. The van der Waals surface area contributed by atoms with Crippen molar-refractivity contribution in [2.24, 2.45) is 11.8 Å². The minimum Gasteiger partial charge on any atom is -0.396 e. The summed E-state index contributed by atoms with van der Waals surface area (Å²) < 4.78 is 37.8. The number of hydrogen-bond donors (Lipinski definition) is 4. The van der Waals surface area contributed by atoms with E-state index in [2.05, 4.69) is 20.7 Å². The zero-order valence-corrected chi connectivity index (χ0v) is 11.0. The molecule has 0 aliphatic carbocycles. The van der Waals surface area contributed by atoms with Crippen molar-refractivity contribution in [1.82, 2.24) is 9.97 Å². The van der Waals surface area contributed by atoms with E-state index in [0.717, 1.165) is 6.42 Å². The molecule has 0 aliphatic heterocycles. The van der Waals surface area contributed by atoms with Crippen LogP contribution in [-0.2, 0) is 6.18 Å². The van der Waals surface area contributed by atoms with Gasteiger partial charge in [-0.3, -0.25) is 0 Å². The van der Waals surface area contributed by atoms with Crippen LogP contribution in [0.25, 0.3) is 0 Å². The molecule has 114 valence electrons. The monoisotopic (exact) mass is 293 g/mol. The van der Waals surface area contributed by atoms with Crippen LogP contribution < -0.4 is 16.6 Å². The van der Waals surface area contributed by atoms with Crippen LogP contribution in [0.5, 0.6) is 0 Å². The third kappa shape index (κ3) is 4.82. The van der Waals surface area contributed by atoms with Gasteiger partial charge in [0.1, 0.15) is 11.6 Å². The van der Waals surface area contributed by atoms with Crippen LogP contribution >= 0.6 is 0 Å². The lowest BCUT2D eigenvalue weighted by Crippen LogP contribution is -2.20. The molecule has 1 unspecified atom stereocenters. The van der Waals surface area contributed by atoms with Gasteiger partial charge in [0, 0.05) is 19.2 Å². The van der Waals surface area contributed by atoms with Crippen molar-refractivity contribution in [3.05, 3.63) is 11.9 Å². The van der Waals surface area contributed by atoms with Gasteiger partial charge in [-0.2, -0.15) is 13.2 Å². The molecule has 0 spiro atoms. The molecule has 1 aromatic rings. The fourth-order valence-electron chi connectivity index (χ4n) is 1.62. The molecule has 1 rings (SSSR count). The Morgan fingerprint density at radius 3 is 2.50 bits per heavy atom. The number of hydrogen-bond acceptors (Lipinski definition) is 6. The Kier molecular flexibility index (Phi) is 5.96. The first-order valence-electron chi connectivity index (χ1n) is 6.18. The molecule has 0 amide bonds. The maximum Gasteiger partial charge on any atom is 0.451 e. The van der Waals surface area contributed by atoms with Crippen LogP contribution in [0, 0.1) is 5.92 Å². The van der Waals surface area contributed by atoms with E-state index >= 15 is 0 Å². The number of aliphatic hydroxyl groups is 1. The summed E-state index contributed by atoms with van der Waals surface area (Å²) in [5.74, 6) is 3.90. The first-order chi connectivity index (χ1) is 9.40. The molecule has 0 fully saturated rings. The molecule has 20 heavy (non-hydrogen) atoms. The van der Waals surface area contributed by atoms with Crippen molar-refractivity contribution in [2.75, 3.05) is 23.9 Å². The Morgan fingerprint density at radius 2 is 2.00 bits per heavy atom. The molecule has 0 radical (unpaired) electrons. The average Bonchev–Trinajstić information content (AvgIpc) is 2.42. The van der Waals surface area contributed by atoms with E-state index < -0.39 is 12.0 Å². The highest BCUT2D eigenvalue weighted by atomic mass is 19.4. The molecule has 0 bridgehead atoms. The zero-order chi connectivity index (χ0) is 15.2. The van der Waals surface area contributed by atoms with Crippen molar-refractivity contribution in [2.45, 2.75) is 25.9 Å². The minimum atomic E-state index is -4.64. The standard InChI is InChI=1S/C11H18F3N5O/c1-2-7(3-4-20)6-16-8-5-9(19-15)18-10(17-8)11(12,13)14/h5,7,20H,2-4,6,15H2,1H3,(H2,16,17,18,19). The molecule has 0 saturated heterocycles. The summed E-state index contributed by atoms with van der Waals surface area (Å²) in [5, 5.41) is 11.7. The van der Waals surface area contributed by atoms with E-state index in [1.54, 1.807) is 0 Å². The number of nitrogens with zero attached hydrogens (tertiary/aromatic N) is 2. The fourth-order valence-corrected chi connectivity index (χ4v) is 1.62. The highest BCUT2D eigenvalue weighted by molar-refractivity contribution is 5.47. The van der Waals surface area contributed by atoms with Crippen molar-refractivity contribution >= 4 is 11.6 Å². The SMILES string of the molecule is CCC(CCO)CNc1cc(NN)nc(C(F)(F)F)n1. The minimum absolute atomic E-state index is 0.0351. The Balaban J connectivity index is 2.84. The second kappa shape index (κ2) is 7.25. The average molecular weight is 293 g/mol. The van der Waals surface area contributed by atoms with Crippen LogP contribution in [0.3, 0.4) is 0 Å². The predicted molar refractivity (Wildman–Crippen MR) is 68.8 cm³/mol. The molecule has 0 aliphatic rings. The lowest BCUT2D eigenvalue weighted by atomic mass is 10.0. The van der Waals surface area contributed by atoms with E-state index in [4.69, 9.17) is 10.9 Å². The lowest BCUT2D eigenvalue weighted by Gasteiger charge is -2.16. The van der Waals surface area contributed by atoms with Gasteiger partial charge in [0.25, 0.3) is 0 Å². The summed E-state index contributed by atoms with van der Waals surface area (Å²) in [6.45, 7) is 2.39. The number of alkyl halides is 3. The molecule has 0 saturated carbocycles. The maximum absolute atomic E-state index is 12.6. The van der Waals surface area contributed by atoms with Crippen LogP contribution in [0.1, 0.15) is 25.6 Å². The molecule has 0 aromatic carbocycles. The number of nitrogen functional groups attached to an aromatic ring is 1. The second-order valence-electron chi connectivity index (χ2n) is 4.27. The topological polar surface area (TPSA) is 96.1 Å². The highest BCUT2D eigenvalue weighted by Crippen LogP contribution is 2.28. The molecule has 5 N–H and O–H groups in total. The Hall–Kier alpha value is -1.61. The molecular formula is C11H18F3N5O. The summed E-state index contributed by atoms with van der Waals surface area (Å²) in [7, 11) is 0. The Morgan fingerprint density at radius 1 is 1.35 bits per heavy atom. The van der Waals surface area contributed by atoms with Gasteiger partial charge >= 0.3 is 6.18 Å². The van der Waals surface area contributed by atoms with Gasteiger partial charge in [-0.1, -0.05) is 13.3 Å². The van der Waals surface area contributed by atoms with Crippen LogP contribution in [0.4, 0.5) is 24.8 Å². The van der Waals surface area contributed by atoms with E-state index in [-0.39, 0.29) is 24.2 Å². The van der Waals surface area contributed by atoms with Gasteiger partial charge in [0.15, 0.2) is 0 Å². The number of aromatic nitrogens is 2. The smallest absolute Gasteiger partial charge is 0.396 e. The van der Waals surface area contributed by atoms with Gasteiger partial charge in [0.2, 0.25) is 5.82 Å². The molecule has 1 aromatic heterocycles. The Labute approximate surface area is 114 Å². The quantitative estimate of drug-likeness (QED) is 0.450. The van der Waals surface area contributed by atoms with Gasteiger partial charge in [-0.25, -0.2) is 15.8 Å². The van der Waals surface area contributed by atoms with Crippen LogP contribution in [0.2, 0.25) is 0 Å². The van der Waals surface area contributed by atoms with Crippen molar-refractivity contribution < 1.29 is 18.3 Å². The van der Waals surface area contributed by atoms with Gasteiger partial charge in [-0.15, -0.1) is 0 Å². The molecule has 9 heteroatoms. The van der Waals surface area contributed by atoms with Crippen molar-refractivity contribution in [3.63, 3.8) is 0 Å². The zero-order valence-electron chi connectivity index (χ0n) is 11.0. The summed E-state index contributed by atoms with van der Waals surface area (Å²) in [5.41, 5.74) is 2.08. The first kappa shape index (κ1) is 16.4. The number of anilines is 2. The third-order valence-corrected chi connectivity index (χ3v) is 2.81. The van der Waals surface area contributed by atoms with Crippen LogP contribution in [0.15, 0.2) is 6.07 Å². The van der Waals surface area contributed by atoms with Gasteiger partial charge in [-0.05, 0) is 12.3 Å². The molecule has 6 nitrogen and oxygen atoms in total. The van der Waals surface area contributed by atoms with E-state index in [0.29, 0.717) is 13.0 Å². The predicted octanol–water partition coefficient (Wildman–Crippen LogP) is 1.60. The summed E-state index contributed by atoms with van der Waals surface area (Å²) in [4.78, 5) is 6.67. The van der Waals surface area contributed by atoms with E-state index in [1.165, 1.54) is 6.07 Å². The fraction of sp³-hybridized carbons (Fsp3) is 0.636. The molecule has 1 atom stereocenters. The number of aliphatic hydroxyl groups excluding tert-OH is 1.